The lowest BCUT2D eigenvalue weighted by Crippen LogP contribution is -1.62. The molecule has 0 N–H and O–H groups in total. The van der Waals surface area contributed by atoms with Gasteiger partial charge in [-0.25, -0.2) is 0 Å². The van der Waals surface area contributed by atoms with Crippen molar-refractivity contribution in [2.24, 2.45) is 0 Å². The van der Waals surface area contributed by atoms with Crippen LogP contribution in [0.25, 0.3) is 0 Å². The van der Waals surface area contributed by atoms with Gasteiger partial charge in [0.2, 0.25) is 0 Å². The molecule has 2 heteroatoms. The van der Waals surface area contributed by atoms with Crippen LogP contribution in [0.4, 0.5) is 0 Å². The first-order valence-electron chi connectivity index (χ1n) is 2.49. The van der Waals surface area contributed by atoms with Gasteiger partial charge < -0.3 is 0 Å². The summed E-state index contributed by atoms with van der Waals surface area (Å²) >= 11 is 11.1. The highest BCUT2D eigenvalue weighted by Gasteiger charge is 1.82. The molecule has 0 aromatic carbocycles. The average Bonchev–Trinajstić information content (AvgIpc) is 1.63. The van der Waals surface area contributed by atoms with Crippen molar-refractivity contribution < 1.29 is 0 Å². The topological polar surface area (TPSA) is 0 Å². The molecule has 0 nitrogen and oxygen atoms in total. The Balaban J connectivity index is 4.05. The van der Waals surface area contributed by atoms with Crippen molar-refractivity contribution in [1.82, 2.24) is 0 Å². The Morgan fingerprint density at radius 3 is 2.33 bits per heavy atom. The Kier molecular flexibility index (Phi) is 4.55. The number of rotatable bonds is 2. The van der Waals surface area contributed by atoms with Crippen LogP contribution in [0, 0.1) is 0 Å². The third kappa shape index (κ3) is 5.67. The summed E-state index contributed by atoms with van der Waals surface area (Å²) < 4.78 is 0. The molecule has 0 aromatic rings. The van der Waals surface area contributed by atoms with E-state index in [1.165, 1.54) is 0 Å². The molecule has 0 atom stereocenters. The number of hydrogen-bond acceptors (Lipinski definition) is 0. The fourth-order valence-corrected chi connectivity index (χ4v) is 0.777. The average molecular weight is 163 g/mol. The van der Waals surface area contributed by atoms with Gasteiger partial charge in [-0.1, -0.05) is 35.9 Å². The highest BCUT2D eigenvalue weighted by atomic mass is 35.5. The van der Waals surface area contributed by atoms with E-state index in [1.54, 1.807) is 25.2 Å². The predicted octanol–water partition coefficient (Wildman–Crippen LogP) is 3.44. The van der Waals surface area contributed by atoms with Crippen LogP contribution < -0.4 is 0 Å². The Morgan fingerprint density at radius 2 is 2.00 bits per heavy atom. The zero-order valence-corrected chi connectivity index (χ0v) is 6.71. The van der Waals surface area contributed by atoms with Gasteiger partial charge in [0.25, 0.3) is 0 Å². The van der Waals surface area contributed by atoms with Crippen LogP contribution in [0.1, 0.15) is 6.92 Å². The monoisotopic (exact) mass is 162 g/mol. The lowest BCUT2D eigenvalue weighted by molar-refractivity contribution is 1.64. The number of allylic oxidation sites excluding steroid dienone is 5. The molecule has 0 bridgehead atoms. The van der Waals surface area contributed by atoms with Gasteiger partial charge in [0, 0.05) is 10.1 Å². The zero-order chi connectivity index (χ0) is 7.28. The van der Waals surface area contributed by atoms with E-state index in [9.17, 15) is 0 Å². The molecular formula is C7H8Cl2. The van der Waals surface area contributed by atoms with E-state index in [2.05, 4.69) is 6.58 Å². The van der Waals surface area contributed by atoms with Gasteiger partial charge in [0.05, 0.1) is 0 Å². The van der Waals surface area contributed by atoms with Crippen molar-refractivity contribution >= 4 is 23.2 Å². The van der Waals surface area contributed by atoms with Gasteiger partial charge in [-0.3, -0.25) is 0 Å². The van der Waals surface area contributed by atoms with Gasteiger partial charge in [0.15, 0.2) is 0 Å². The highest BCUT2D eigenvalue weighted by molar-refractivity contribution is 6.34. The van der Waals surface area contributed by atoms with Crippen LogP contribution in [0.2, 0.25) is 0 Å². The van der Waals surface area contributed by atoms with Crippen molar-refractivity contribution in [3.8, 4) is 0 Å². The third-order valence-electron chi connectivity index (χ3n) is 0.614. The summed E-state index contributed by atoms with van der Waals surface area (Å²) in [4.78, 5) is 0. The van der Waals surface area contributed by atoms with E-state index < -0.39 is 0 Å². The van der Waals surface area contributed by atoms with Crippen molar-refractivity contribution in [1.29, 1.82) is 0 Å². The largest absolute Gasteiger partial charge is 0.0990 e. The van der Waals surface area contributed by atoms with Crippen molar-refractivity contribution in [3.63, 3.8) is 0 Å². The molecule has 0 rings (SSSR count). The fourth-order valence-electron chi connectivity index (χ4n) is 0.351. The normalized spacial score (nSPS) is 13.7. The van der Waals surface area contributed by atoms with Crippen LogP contribution in [0.15, 0.2) is 34.9 Å². The summed E-state index contributed by atoms with van der Waals surface area (Å²) in [6, 6.07) is 0. The maximum Gasteiger partial charge on any atom is 0.0417 e. The van der Waals surface area contributed by atoms with Gasteiger partial charge >= 0.3 is 0 Å². The molecule has 0 fully saturated rings. The Labute approximate surface area is 65.5 Å². The van der Waals surface area contributed by atoms with E-state index >= 15 is 0 Å². The molecule has 50 valence electrons. The fraction of sp³-hybridized carbons (Fsp3) is 0.143. The maximum atomic E-state index is 5.60. The van der Waals surface area contributed by atoms with E-state index in [0.717, 1.165) is 0 Å². The van der Waals surface area contributed by atoms with E-state index in [1.807, 2.05) is 0 Å². The summed E-state index contributed by atoms with van der Waals surface area (Å²) in [6.07, 6.45) is 4.94. The van der Waals surface area contributed by atoms with Gasteiger partial charge in [0.1, 0.15) is 0 Å². The van der Waals surface area contributed by atoms with Crippen LogP contribution in [-0.4, -0.2) is 0 Å². The highest BCUT2D eigenvalue weighted by Crippen LogP contribution is 2.09. The van der Waals surface area contributed by atoms with Crippen LogP contribution in [0.3, 0.4) is 0 Å². The lowest BCUT2D eigenvalue weighted by atomic mass is 10.4. The van der Waals surface area contributed by atoms with Crippen molar-refractivity contribution in [2.45, 2.75) is 6.92 Å². The number of halogens is 2. The molecule has 0 saturated carbocycles. The molecule has 9 heavy (non-hydrogen) atoms. The van der Waals surface area contributed by atoms with Gasteiger partial charge in [-0.2, -0.15) is 0 Å². The SMILES string of the molecule is C=CC=C(Cl)C=C(C)Cl. The van der Waals surface area contributed by atoms with E-state index in [-0.39, 0.29) is 0 Å². The standard InChI is InChI=1S/C7H8Cl2/c1-3-4-7(9)5-6(2)8/h3-5H,1H2,2H3. The summed E-state index contributed by atoms with van der Waals surface area (Å²) in [5.74, 6) is 0. The maximum absolute atomic E-state index is 5.60. The van der Waals surface area contributed by atoms with Crippen molar-refractivity contribution in [3.05, 3.63) is 34.9 Å². The number of hydrogen-bond donors (Lipinski definition) is 0. The molecule has 0 aromatic heterocycles. The van der Waals surface area contributed by atoms with Gasteiger partial charge in [-0.15, -0.1) is 0 Å². The second kappa shape index (κ2) is 4.66. The summed E-state index contributed by atoms with van der Waals surface area (Å²) in [6.45, 7) is 5.24. The minimum Gasteiger partial charge on any atom is -0.0990 e. The first-order chi connectivity index (χ1) is 4.16. The Hall–Kier alpha value is -0.200. The summed E-state index contributed by atoms with van der Waals surface area (Å²) in [5, 5.41) is 1.26. The lowest BCUT2D eigenvalue weighted by Gasteiger charge is -1.84. The van der Waals surface area contributed by atoms with E-state index in [4.69, 9.17) is 23.2 Å². The minimum absolute atomic E-state index is 0.595. The molecule has 0 spiro atoms. The molecule has 0 amide bonds. The zero-order valence-electron chi connectivity index (χ0n) is 5.20. The summed E-state index contributed by atoms with van der Waals surface area (Å²) in [5.41, 5.74) is 0. The molecule has 0 aliphatic carbocycles. The van der Waals surface area contributed by atoms with E-state index in [0.29, 0.717) is 10.1 Å². The molecule has 0 radical (unpaired) electrons. The Bertz CT molecular complexity index is 150. The third-order valence-corrected chi connectivity index (χ3v) is 0.958. The second-order valence-corrected chi connectivity index (χ2v) is 2.55. The molecule has 0 aliphatic heterocycles. The molecule has 0 saturated heterocycles. The van der Waals surface area contributed by atoms with Crippen LogP contribution in [-0.2, 0) is 0 Å². The van der Waals surface area contributed by atoms with Crippen LogP contribution in [0.5, 0.6) is 0 Å². The Morgan fingerprint density at radius 1 is 1.44 bits per heavy atom. The minimum atomic E-state index is 0.595. The van der Waals surface area contributed by atoms with Crippen molar-refractivity contribution in [2.75, 3.05) is 0 Å². The quantitative estimate of drug-likeness (QED) is 0.547. The predicted molar refractivity (Wildman–Crippen MR) is 43.7 cm³/mol. The first kappa shape index (κ1) is 8.80. The first-order valence-corrected chi connectivity index (χ1v) is 3.24. The smallest absolute Gasteiger partial charge is 0.0417 e. The van der Waals surface area contributed by atoms with Crippen LogP contribution >= 0.6 is 23.2 Å². The van der Waals surface area contributed by atoms with Gasteiger partial charge in [-0.05, 0) is 19.1 Å². The molecule has 0 heterocycles. The molecule has 0 unspecified atom stereocenters. The summed E-state index contributed by atoms with van der Waals surface area (Å²) in [7, 11) is 0. The molecule has 0 aliphatic rings. The second-order valence-electron chi connectivity index (χ2n) is 1.52. The molecular weight excluding hydrogens is 155 g/mol.